The molecule has 1 heterocycles. The second kappa shape index (κ2) is 2.93. The van der Waals surface area contributed by atoms with Crippen molar-refractivity contribution >= 4 is 11.8 Å². The van der Waals surface area contributed by atoms with Crippen molar-refractivity contribution in [2.75, 3.05) is 5.75 Å². The van der Waals surface area contributed by atoms with E-state index in [0.717, 1.165) is 12.2 Å². The van der Waals surface area contributed by atoms with E-state index in [1.807, 2.05) is 0 Å². The molecule has 0 bridgehead atoms. The number of hydrogen-bond donors (Lipinski definition) is 1. The maximum Gasteiger partial charge on any atom is 0.109 e. The monoisotopic (exact) mass is 182 g/mol. The lowest BCUT2D eigenvalue weighted by Crippen LogP contribution is -2.32. The van der Waals surface area contributed by atoms with Gasteiger partial charge in [-0.2, -0.15) is 0 Å². The molecule has 1 aliphatic heterocycles. The van der Waals surface area contributed by atoms with Gasteiger partial charge in [0, 0.05) is 5.41 Å². The number of hydrogen-bond acceptors (Lipinski definition) is 2. The van der Waals surface area contributed by atoms with E-state index in [0.29, 0.717) is 5.92 Å². The third-order valence-electron chi connectivity index (χ3n) is 3.01. The molecule has 66 valence electrons. The van der Waals surface area contributed by atoms with E-state index in [-0.39, 0.29) is 10.9 Å². The summed E-state index contributed by atoms with van der Waals surface area (Å²) in [6.07, 6.45) is 9.47. The first-order chi connectivity index (χ1) is 5.76. The van der Waals surface area contributed by atoms with Crippen LogP contribution < -0.4 is 0 Å². The van der Waals surface area contributed by atoms with Crippen LogP contribution in [0.1, 0.15) is 13.3 Å². The average molecular weight is 182 g/mol. The first kappa shape index (κ1) is 8.39. The van der Waals surface area contributed by atoms with Crippen LogP contribution in [0.15, 0.2) is 24.3 Å². The van der Waals surface area contributed by atoms with E-state index < -0.39 is 0 Å². The van der Waals surface area contributed by atoms with Crippen LogP contribution in [-0.2, 0) is 0 Å². The highest BCUT2D eigenvalue weighted by molar-refractivity contribution is 8.00. The third kappa shape index (κ3) is 1.05. The molecule has 2 unspecified atom stereocenters. The van der Waals surface area contributed by atoms with Crippen LogP contribution in [0.25, 0.3) is 0 Å². The molecule has 0 aromatic carbocycles. The molecule has 1 aliphatic carbocycles. The summed E-state index contributed by atoms with van der Waals surface area (Å²) in [7, 11) is 0. The van der Waals surface area contributed by atoms with Gasteiger partial charge in [-0.25, -0.2) is 0 Å². The van der Waals surface area contributed by atoms with E-state index in [1.54, 1.807) is 11.8 Å². The molecule has 0 aromatic rings. The molecule has 0 amide bonds. The maximum absolute atomic E-state index is 9.85. The van der Waals surface area contributed by atoms with Crippen molar-refractivity contribution in [3.63, 3.8) is 0 Å². The van der Waals surface area contributed by atoms with Crippen LogP contribution in [-0.4, -0.2) is 16.3 Å². The Morgan fingerprint density at radius 1 is 1.50 bits per heavy atom. The van der Waals surface area contributed by atoms with Gasteiger partial charge < -0.3 is 5.11 Å². The van der Waals surface area contributed by atoms with Crippen molar-refractivity contribution in [3.05, 3.63) is 24.3 Å². The molecule has 3 atom stereocenters. The van der Waals surface area contributed by atoms with Crippen molar-refractivity contribution in [1.29, 1.82) is 0 Å². The van der Waals surface area contributed by atoms with Crippen molar-refractivity contribution in [1.82, 2.24) is 0 Å². The Morgan fingerprint density at radius 3 is 2.83 bits per heavy atom. The van der Waals surface area contributed by atoms with E-state index in [4.69, 9.17) is 0 Å². The molecule has 1 nitrogen and oxygen atoms in total. The SMILES string of the molecule is CC1CS[C@H](O)C12C=CC=CC2. The van der Waals surface area contributed by atoms with Gasteiger partial charge in [0.05, 0.1) is 0 Å². The maximum atomic E-state index is 9.85. The van der Waals surface area contributed by atoms with Gasteiger partial charge in [-0.15, -0.1) is 11.8 Å². The lowest BCUT2D eigenvalue weighted by Gasteiger charge is -2.33. The summed E-state index contributed by atoms with van der Waals surface area (Å²) in [5, 5.41) is 9.85. The standard InChI is InChI=1S/C10H14OS/c1-8-7-12-9(11)10(8)5-3-2-4-6-10/h2-5,8-9,11H,6-7H2,1H3/t8?,9-,10?/m0/s1. The van der Waals surface area contributed by atoms with Crippen molar-refractivity contribution < 1.29 is 5.11 Å². The summed E-state index contributed by atoms with van der Waals surface area (Å²) in [4.78, 5) is 0. The minimum atomic E-state index is -0.200. The fraction of sp³-hybridized carbons (Fsp3) is 0.600. The second-order valence-electron chi connectivity index (χ2n) is 3.69. The van der Waals surface area contributed by atoms with Crippen LogP contribution in [0.3, 0.4) is 0 Å². The summed E-state index contributed by atoms with van der Waals surface area (Å²) in [5.41, 5.74) is -0.159. The Morgan fingerprint density at radius 2 is 2.33 bits per heavy atom. The predicted octanol–water partition coefficient (Wildman–Crippen LogP) is 2.19. The van der Waals surface area contributed by atoms with E-state index in [9.17, 15) is 5.11 Å². The molecular weight excluding hydrogens is 168 g/mol. The second-order valence-corrected chi connectivity index (χ2v) is 4.80. The lowest BCUT2D eigenvalue weighted by atomic mass is 9.73. The zero-order valence-electron chi connectivity index (χ0n) is 7.23. The Kier molecular flexibility index (Phi) is 2.05. The molecule has 1 saturated heterocycles. The summed E-state index contributed by atoms with van der Waals surface area (Å²) in [5.74, 6) is 1.68. The van der Waals surface area contributed by atoms with Crippen LogP contribution in [0, 0.1) is 11.3 Å². The Bertz CT molecular complexity index is 222. The number of aliphatic hydroxyl groups is 1. The number of rotatable bonds is 0. The number of thioether (sulfide) groups is 1. The van der Waals surface area contributed by atoms with Crippen LogP contribution in [0.2, 0.25) is 0 Å². The van der Waals surface area contributed by atoms with Crippen molar-refractivity contribution in [2.45, 2.75) is 18.8 Å². The van der Waals surface area contributed by atoms with Gasteiger partial charge in [-0.3, -0.25) is 0 Å². The van der Waals surface area contributed by atoms with Gasteiger partial charge in [-0.1, -0.05) is 31.2 Å². The number of aliphatic hydroxyl groups excluding tert-OH is 1. The summed E-state index contributed by atoms with van der Waals surface area (Å²) in [6, 6.07) is 0. The largest absolute Gasteiger partial charge is 0.382 e. The van der Waals surface area contributed by atoms with Crippen molar-refractivity contribution in [3.8, 4) is 0 Å². The van der Waals surface area contributed by atoms with E-state index in [1.165, 1.54) is 0 Å². The van der Waals surface area contributed by atoms with E-state index >= 15 is 0 Å². The van der Waals surface area contributed by atoms with Gasteiger partial charge in [0.1, 0.15) is 5.44 Å². The minimum Gasteiger partial charge on any atom is -0.382 e. The lowest BCUT2D eigenvalue weighted by molar-refractivity contribution is 0.112. The zero-order chi connectivity index (χ0) is 8.60. The first-order valence-electron chi connectivity index (χ1n) is 4.40. The topological polar surface area (TPSA) is 20.2 Å². The number of allylic oxidation sites excluding steroid dienone is 3. The molecule has 0 radical (unpaired) electrons. The van der Waals surface area contributed by atoms with Gasteiger partial charge >= 0.3 is 0 Å². The van der Waals surface area contributed by atoms with Gasteiger partial charge in [0.25, 0.3) is 0 Å². The normalized spacial score (nSPS) is 45.8. The molecule has 0 saturated carbocycles. The Hall–Kier alpha value is -0.210. The van der Waals surface area contributed by atoms with Gasteiger partial charge in [0.2, 0.25) is 0 Å². The van der Waals surface area contributed by atoms with Crippen LogP contribution in [0.4, 0.5) is 0 Å². The quantitative estimate of drug-likeness (QED) is 0.619. The molecule has 1 spiro atoms. The smallest absolute Gasteiger partial charge is 0.109 e. The Balaban J connectivity index is 2.28. The summed E-state index contributed by atoms with van der Waals surface area (Å²) < 4.78 is 0. The molecule has 1 N–H and O–H groups in total. The summed E-state index contributed by atoms with van der Waals surface area (Å²) >= 11 is 1.68. The zero-order valence-corrected chi connectivity index (χ0v) is 8.05. The molecule has 1 fully saturated rings. The highest BCUT2D eigenvalue weighted by Crippen LogP contribution is 2.50. The van der Waals surface area contributed by atoms with Crippen molar-refractivity contribution in [2.24, 2.45) is 11.3 Å². The predicted molar refractivity (Wildman–Crippen MR) is 53.0 cm³/mol. The molecule has 2 rings (SSSR count). The molecule has 2 aliphatic rings. The van der Waals surface area contributed by atoms with E-state index in [2.05, 4.69) is 31.2 Å². The highest BCUT2D eigenvalue weighted by Gasteiger charge is 2.45. The fourth-order valence-corrected chi connectivity index (χ4v) is 3.49. The Labute approximate surface area is 77.6 Å². The van der Waals surface area contributed by atoms with Gasteiger partial charge in [-0.05, 0) is 18.1 Å². The average Bonchev–Trinajstić information content (AvgIpc) is 2.36. The minimum absolute atomic E-state index is 0.0411. The molecule has 0 aromatic heterocycles. The fourth-order valence-electron chi connectivity index (χ4n) is 1.99. The molecular formula is C10H14OS. The molecule has 12 heavy (non-hydrogen) atoms. The molecule has 2 heteroatoms. The van der Waals surface area contributed by atoms with Gasteiger partial charge in [0.15, 0.2) is 0 Å². The van der Waals surface area contributed by atoms with Crippen LogP contribution >= 0.6 is 11.8 Å². The highest BCUT2D eigenvalue weighted by atomic mass is 32.2. The van der Waals surface area contributed by atoms with Crippen LogP contribution in [0.5, 0.6) is 0 Å². The third-order valence-corrected chi connectivity index (χ3v) is 4.45. The first-order valence-corrected chi connectivity index (χ1v) is 5.44. The summed E-state index contributed by atoms with van der Waals surface area (Å²) in [6.45, 7) is 2.23.